The van der Waals surface area contributed by atoms with E-state index in [9.17, 15) is 0 Å². The SMILES string of the molecule is CCNc1nc2ccccc2cc1COC(C)CC(C)C. The van der Waals surface area contributed by atoms with Gasteiger partial charge in [-0.25, -0.2) is 4.98 Å². The van der Waals surface area contributed by atoms with E-state index in [4.69, 9.17) is 9.72 Å². The Kier molecular flexibility index (Phi) is 5.57. The molecule has 0 saturated heterocycles. The molecule has 2 aromatic rings. The number of nitrogens with zero attached hydrogens (tertiary/aromatic N) is 1. The van der Waals surface area contributed by atoms with E-state index in [-0.39, 0.29) is 6.10 Å². The van der Waals surface area contributed by atoms with Crippen LogP contribution in [0.25, 0.3) is 10.9 Å². The maximum absolute atomic E-state index is 5.99. The van der Waals surface area contributed by atoms with Crippen molar-refractivity contribution in [3.63, 3.8) is 0 Å². The van der Waals surface area contributed by atoms with Gasteiger partial charge in [0, 0.05) is 17.5 Å². The molecule has 1 N–H and O–H groups in total. The number of para-hydroxylation sites is 1. The summed E-state index contributed by atoms with van der Waals surface area (Å²) in [5, 5.41) is 4.50. The second-order valence-electron chi connectivity index (χ2n) is 5.97. The summed E-state index contributed by atoms with van der Waals surface area (Å²) >= 11 is 0. The molecule has 0 radical (unpaired) electrons. The van der Waals surface area contributed by atoms with Crippen molar-refractivity contribution in [3.8, 4) is 0 Å². The monoisotopic (exact) mass is 286 g/mol. The number of nitrogens with one attached hydrogen (secondary N) is 1. The molecule has 1 heterocycles. The standard InChI is InChI=1S/C18H26N2O/c1-5-19-18-16(12-21-14(4)10-13(2)3)11-15-8-6-7-9-17(15)20-18/h6-9,11,13-14H,5,10,12H2,1-4H3,(H,19,20). The minimum Gasteiger partial charge on any atom is -0.374 e. The van der Waals surface area contributed by atoms with Crippen LogP contribution in [-0.2, 0) is 11.3 Å². The quantitative estimate of drug-likeness (QED) is 0.806. The van der Waals surface area contributed by atoms with Gasteiger partial charge in [0.25, 0.3) is 0 Å². The zero-order chi connectivity index (χ0) is 15.2. The van der Waals surface area contributed by atoms with Gasteiger partial charge in [0.05, 0.1) is 18.2 Å². The Labute approximate surface area is 127 Å². The van der Waals surface area contributed by atoms with Gasteiger partial charge in [-0.05, 0) is 38.3 Å². The number of ether oxygens (including phenoxy) is 1. The molecule has 21 heavy (non-hydrogen) atoms. The molecule has 0 aliphatic rings. The van der Waals surface area contributed by atoms with Gasteiger partial charge in [0.15, 0.2) is 0 Å². The Hall–Kier alpha value is -1.61. The van der Waals surface area contributed by atoms with Crippen LogP contribution in [0.5, 0.6) is 0 Å². The highest BCUT2D eigenvalue weighted by Gasteiger charge is 2.10. The largest absolute Gasteiger partial charge is 0.374 e. The number of aromatic nitrogens is 1. The molecule has 3 nitrogen and oxygen atoms in total. The normalized spacial score (nSPS) is 12.8. The summed E-state index contributed by atoms with van der Waals surface area (Å²) in [5.41, 5.74) is 2.15. The lowest BCUT2D eigenvalue weighted by molar-refractivity contribution is 0.0399. The molecule has 0 fully saturated rings. The smallest absolute Gasteiger partial charge is 0.132 e. The fourth-order valence-electron chi connectivity index (χ4n) is 2.55. The molecule has 0 spiro atoms. The van der Waals surface area contributed by atoms with Gasteiger partial charge in [0.1, 0.15) is 5.82 Å². The van der Waals surface area contributed by atoms with Crippen molar-refractivity contribution in [2.45, 2.75) is 46.8 Å². The Morgan fingerprint density at radius 1 is 1.19 bits per heavy atom. The highest BCUT2D eigenvalue weighted by molar-refractivity contribution is 5.81. The second kappa shape index (κ2) is 7.41. The van der Waals surface area contributed by atoms with E-state index >= 15 is 0 Å². The first-order valence-electron chi connectivity index (χ1n) is 7.84. The van der Waals surface area contributed by atoms with Crippen molar-refractivity contribution in [2.24, 2.45) is 5.92 Å². The van der Waals surface area contributed by atoms with Crippen LogP contribution in [0, 0.1) is 5.92 Å². The van der Waals surface area contributed by atoms with E-state index in [0.29, 0.717) is 12.5 Å². The van der Waals surface area contributed by atoms with Crippen LogP contribution >= 0.6 is 0 Å². The summed E-state index contributed by atoms with van der Waals surface area (Å²) in [5.74, 6) is 1.59. The molecule has 1 atom stereocenters. The molecule has 0 bridgehead atoms. The molecule has 0 aliphatic carbocycles. The van der Waals surface area contributed by atoms with Crippen molar-refractivity contribution in [1.29, 1.82) is 0 Å². The Balaban J connectivity index is 2.18. The molecule has 0 saturated carbocycles. The molecular weight excluding hydrogens is 260 g/mol. The predicted octanol–water partition coefficient (Wildman–Crippen LogP) is 4.62. The lowest BCUT2D eigenvalue weighted by Gasteiger charge is -2.17. The summed E-state index contributed by atoms with van der Waals surface area (Å²) in [6.07, 6.45) is 1.35. The first-order valence-corrected chi connectivity index (χ1v) is 7.84. The number of benzene rings is 1. The number of rotatable bonds is 7. The Bertz CT molecular complexity index is 580. The predicted molar refractivity (Wildman–Crippen MR) is 89.6 cm³/mol. The molecule has 0 amide bonds. The van der Waals surface area contributed by atoms with E-state index in [0.717, 1.165) is 35.2 Å². The average Bonchev–Trinajstić information content (AvgIpc) is 2.44. The van der Waals surface area contributed by atoms with E-state index in [2.05, 4.69) is 45.1 Å². The Morgan fingerprint density at radius 3 is 2.67 bits per heavy atom. The third-order valence-corrected chi connectivity index (χ3v) is 3.47. The molecule has 1 unspecified atom stereocenters. The number of fused-ring (bicyclic) bond motifs is 1. The van der Waals surface area contributed by atoms with Crippen molar-refractivity contribution in [2.75, 3.05) is 11.9 Å². The average molecular weight is 286 g/mol. The van der Waals surface area contributed by atoms with Gasteiger partial charge in [0.2, 0.25) is 0 Å². The van der Waals surface area contributed by atoms with Gasteiger partial charge < -0.3 is 10.1 Å². The highest BCUT2D eigenvalue weighted by atomic mass is 16.5. The number of anilines is 1. The lowest BCUT2D eigenvalue weighted by Crippen LogP contribution is -2.12. The molecule has 1 aromatic heterocycles. The number of hydrogen-bond donors (Lipinski definition) is 1. The fourth-order valence-corrected chi connectivity index (χ4v) is 2.55. The summed E-state index contributed by atoms with van der Waals surface area (Å²) in [4.78, 5) is 4.71. The van der Waals surface area contributed by atoms with E-state index < -0.39 is 0 Å². The topological polar surface area (TPSA) is 34.2 Å². The van der Waals surface area contributed by atoms with Crippen molar-refractivity contribution in [1.82, 2.24) is 4.98 Å². The minimum absolute atomic E-state index is 0.269. The summed E-state index contributed by atoms with van der Waals surface area (Å²) in [6, 6.07) is 10.4. The Morgan fingerprint density at radius 2 is 1.95 bits per heavy atom. The van der Waals surface area contributed by atoms with E-state index in [1.807, 2.05) is 18.2 Å². The van der Waals surface area contributed by atoms with Crippen LogP contribution in [0.4, 0.5) is 5.82 Å². The van der Waals surface area contributed by atoms with Crippen LogP contribution in [0.2, 0.25) is 0 Å². The van der Waals surface area contributed by atoms with Gasteiger partial charge >= 0.3 is 0 Å². The molecule has 1 aromatic carbocycles. The molecule has 0 aliphatic heterocycles. The molecule has 114 valence electrons. The van der Waals surface area contributed by atoms with Crippen LogP contribution in [0.15, 0.2) is 30.3 Å². The fraction of sp³-hybridized carbons (Fsp3) is 0.500. The van der Waals surface area contributed by atoms with Gasteiger partial charge in [-0.3, -0.25) is 0 Å². The van der Waals surface area contributed by atoms with Crippen molar-refractivity contribution in [3.05, 3.63) is 35.9 Å². The van der Waals surface area contributed by atoms with Crippen LogP contribution in [-0.4, -0.2) is 17.6 Å². The van der Waals surface area contributed by atoms with Gasteiger partial charge in [-0.1, -0.05) is 32.0 Å². The molecule has 3 heteroatoms. The van der Waals surface area contributed by atoms with E-state index in [1.165, 1.54) is 0 Å². The first kappa shape index (κ1) is 15.8. The lowest BCUT2D eigenvalue weighted by atomic mass is 10.1. The minimum atomic E-state index is 0.269. The number of hydrogen-bond acceptors (Lipinski definition) is 3. The zero-order valence-corrected chi connectivity index (χ0v) is 13.5. The van der Waals surface area contributed by atoms with Gasteiger partial charge in [-0.2, -0.15) is 0 Å². The third kappa shape index (κ3) is 4.43. The first-order chi connectivity index (χ1) is 10.1. The van der Waals surface area contributed by atoms with Gasteiger partial charge in [-0.15, -0.1) is 0 Å². The third-order valence-electron chi connectivity index (χ3n) is 3.47. The summed E-state index contributed by atoms with van der Waals surface area (Å²) < 4.78 is 5.99. The second-order valence-corrected chi connectivity index (χ2v) is 5.97. The molecule has 2 rings (SSSR count). The van der Waals surface area contributed by atoms with Crippen LogP contribution in [0.3, 0.4) is 0 Å². The summed E-state index contributed by atoms with van der Waals surface area (Å²) in [6.45, 7) is 10.1. The van der Waals surface area contributed by atoms with Crippen LogP contribution < -0.4 is 5.32 Å². The zero-order valence-electron chi connectivity index (χ0n) is 13.5. The van der Waals surface area contributed by atoms with Crippen molar-refractivity contribution < 1.29 is 4.74 Å². The maximum atomic E-state index is 5.99. The highest BCUT2D eigenvalue weighted by Crippen LogP contribution is 2.22. The van der Waals surface area contributed by atoms with Crippen molar-refractivity contribution >= 4 is 16.7 Å². The molecular formula is C18H26N2O. The summed E-state index contributed by atoms with van der Waals surface area (Å²) in [7, 11) is 0. The number of pyridine rings is 1. The van der Waals surface area contributed by atoms with E-state index in [1.54, 1.807) is 0 Å². The maximum Gasteiger partial charge on any atom is 0.132 e. The van der Waals surface area contributed by atoms with Crippen LogP contribution in [0.1, 0.15) is 39.7 Å².